The Morgan fingerprint density at radius 1 is 1.50 bits per heavy atom. The molecule has 0 aliphatic carbocycles. The van der Waals surface area contributed by atoms with E-state index < -0.39 is 5.97 Å². The van der Waals surface area contributed by atoms with Crippen LogP contribution < -0.4 is 0 Å². The average molecular weight is 219 g/mol. The number of unbranched alkanes of at least 4 members (excludes halogenated alkanes) is 1. The van der Waals surface area contributed by atoms with Crippen LogP contribution in [-0.2, 0) is 6.42 Å². The molecular formula is C12H13NO3. The maximum Gasteiger partial charge on any atom is 0.335 e. The summed E-state index contributed by atoms with van der Waals surface area (Å²) in [5.74, 6) is -0.264. The summed E-state index contributed by atoms with van der Waals surface area (Å²) < 4.78 is 5.50. The van der Waals surface area contributed by atoms with E-state index in [0.717, 1.165) is 19.3 Å². The van der Waals surface area contributed by atoms with Crippen LogP contribution in [0.2, 0.25) is 0 Å². The van der Waals surface area contributed by atoms with Gasteiger partial charge in [-0.05, 0) is 24.6 Å². The number of fused-ring (bicyclic) bond motifs is 1. The first-order chi connectivity index (χ1) is 7.70. The van der Waals surface area contributed by atoms with Gasteiger partial charge in [-0.2, -0.15) is 0 Å². The molecule has 0 bridgehead atoms. The minimum Gasteiger partial charge on any atom is -0.478 e. The fourth-order valence-corrected chi connectivity index (χ4v) is 1.54. The number of aromatic carboxylic acids is 1. The smallest absolute Gasteiger partial charge is 0.335 e. The highest BCUT2D eigenvalue weighted by Gasteiger charge is 2.09. The summed E-state index contributed by atoms with van der Waals surface area (Å²) in [5.41, 5.74) is 1.50. The zero-order chi connectivity index (χ0) is 11.5. The molecule has 1 aromatic carbocycles. The summed E-state index contributed by atoms with van der Waals surface area (Å²) in [6.45, 7) is 2.10. The summed E-state index contributed by atoms with van der Waals surface area (Å²) in [7, 11) is 0. The lowest BCUT2D eigenvalue weighted by Gasteiger charge is -1.91. The number of hydrogen-bond donors (Lipinski definition) is 1. The molecule has 2 rings (SSSR count). The summed E-state index contributed by atoms with van der Waals surface area (Å²) in [5, 5.41) is 8.83. The molecule has 0 atom stereocenters. The Morgan fingerprint density at radius 3 is 3.00 bits per heavy atom. The second kappa shape index (κ2) is 4.35. The normalized spacial score (nSPS) is 10.8. The number of rotatable bonds is 4. The van der Waals surface area contributed by atoms with Crippen molar-refractivity contribution >= 4 is 17.1 Å². The lowest BCUT2D eigenvalue weighted by molar-refractivity contribution is 0.0697. The fourth-order valence-electron chi connectivity index (χ4n) is 1.54. The van der Waals surface area contributed by atoms with E-state index >= 15 is 0 Å². The van der Waals surface area contributed by atoms with Crippen LogP contribution in [0.4, 0.5) is 0 Å². The van der Waals surface area contributed by atoms with Crippen molar-refractivity contribution in [1.29, 1.82) is 0 Å². The van der Waals surface area contributed by atoms with Crippen molar-refractivity contribution in [3.63, 3.8) is 0 Å². The maximum atomic E-state index is 10.8. The molecule has 0 amide bonds. The Bertz CT molecular complexity index is 516. The number of oxazole rings is 1. The first kappa shape index (κ1) is 10.7. The predicted octanol–water partition coefficient (Wildman–Crippen LogP) is 2.87. The van der Waals surface area contributed by atoms with Gasteiger partial charge in [0.05, 0.1) is 5.56 Å². The van der Waals surface area contributed by atoms with Crippen LogP contribution in [0.15, 0.2) is 22.6 Å². The van der Waals surface area contributed by atoms with E-state index in [4.69, 9.17) is 9.52 Å². The summed E-state index contributed by atoms with van der Waals surface area (Å²) in [6, 6.07) is 4.72. The van der Waals surface area contributed by atoms with Gasteiger partial charge < -0.3 is 9.52 Å². The fraction of sp³-hybridized carbons (Fsp3) is 0.333. The maximum absolute atomic E-state index is 10.8. The van der Waals surface area contributed by atoms with Crippen molar-refractivity contribution in [3.8, 4) is 0 Å². The molecule has 1 N–H and O–H groups in total. The third-order valence-electron chi connectivity index (χ3n) is 2.42. The van der Waals surface area contributed by atoms with E-state index in [9.17, 15) is 4.79 Å². The van der Waals surface area contributed by atoms with Gasteiger partial charge in [-0.15, -0.1) is 0 Å². The first-order valence-electron chi connectivity index (χ1n) is 5.33. The Morgan fingerprint density at radius 2 is 2.31 bits per heavy atom. The zero-order valence-corrected chi connectivity index (χ0v) is 9.06. The Kier molecular flexibility index (Phi) is 2.90. The standard InChI is InChI=1S/C12H13NO3/c1-2-3-4-11-13-9-7-8(12(14)15)5-6-10(9)16-11/h5-7H,2-4H2,1H3,(H,14,15). The first-order valence-corrected chi connectivity index (χ1v) is 5.33. The van der Waals surface area contributed by atoms with Crippen molar-refractivity contribution in [2.45, 2.75) is 26.2 Å². The molecule has 4 heteroatoms. The molecular weight excluding hydrogens is 206 g/mol. The highest BCUT2D eigenvalue weighted by atomic mass is 16.4. The molecule has 0 spiro atoms. The van der Waals surface area contributed by atoms with E-state index in [1.165, 1.54) is 12.1 Å². The summed E-state index contributed by atoms with van der Waals surface area (Å²) in [4.78, 5) is 15.0. The van der Waals surface area contributed by atoms with Crippen LogP contribution in [0.25, 0.3) is 11.1 Å². The number of benzene rings is 1. The van der Waals surface area contributed by atoms with Gasteiger partial charge in [-0.1, -0.05) is 13.3 Å². The molecule has 16 heavy (non-hydrogen) atoms. The molecule has 0 aliphatic heterocycles. The average Bonchev–Trinajstić information content (AvgIpc) is 2.67. The Labute approximate surface area is 92.9 Å². The molecule has 2 aromatic rings. The Hall–Kier alpha value is -1.84. The Balaban J connectivity index is 2.34. The number of aryl methyl sites for hydroxylation is 1. The lowest BCUT2D eigenvalue weighted by atomic mass is 10.2. The van der Waals surface area contributed by atoms with E-state index in [2.05, 4.69) is 11.9 Å². The molecule has 1 heterocycles. The van der Waals surface area contributed by atoms with Crippen LogP contribution in [0.1, 0.15) is 36.0 Å². The number of carbonyl (C=O) groups is 1. The highest BCUT2D eigenvalue weighted by molar-refractivity contribution is 5.91. The SMILES string of the molecule is CCCCc1nc2cc(C(=O)O)ccc2o1. The van der Waals surface area contributed by atoms with Crippen LogP contribution >= 0.6 is 0 Å². The second-order valence-electron chi connectivity index (χ2n) is 3.70. The molecule has 0 fully saturated rings. The van der Waals surface area contributed by atoms with Crippen LogP contribution in [0, 0.1) is 0 Å². The molecule has 0 saturated heterocycles. The van der Waals surface area contributed by atoms with Gasteiger partial charge in [0.15, 0.2) is 11.5 Å². The van der Waals surface area contributed by atoms with Crippen molar-refractivity contribution in [2.75, 3.05) is 0 Å². The number of nitrogens with zero attached hydrogens (tertiary/aromatic N) is 1. The molecule has 0 radical (unpaired) electrons. The number of carboxylic acids is 1. The minimum atomic E-state index is -0.944. The van der Waals surface area contributed by atoms with Gasteiger partial charge in [0.25, 0.3) is 0 Å². The molecule has 0 aliphatic rings. The van der Waals surface area contributed by atoms with E-state index in [1.807, 2.05) is 0 Å². The molecule has 4 nitrogen and oxygen atoms in total. The summed E-state index contributed by atoms with van der Waals surface area (Å²) >= 11 is 0. The highest BCUT2D eigenvalue weighted by Crippen LogP contribution is 2.18. The van der Waals surface area contributed by atoms with Crippen molar-refractivity contribution in [2.24, 2.45) is 0 Å². The van der Waals surface area contributed by atoms with Gasteiger partial charge in [0, 0.05) is 6.42 Å². The third-order valence-corrected chi connectivity index (χ3v) is 2.42. The van der Waals surface area contributed by atoms with Crippen LogP contribution in [-0.4, -0.2) is 16.1 Å². The van der Waals surface area contributed by atoms with Crippen molar-refractivity contribution in [1.82, 2.24) is 4.98 Å². The van der Waals surface area contributed by atoms with Gasteiger partial charge in [0.2, 0.25) is 0 Å². The van der Waals surface area contributed by atoms with Crippen molar-refractivity contribution < 1.29 is 14.3 Å². The van der Waals surface area contributed by atoms with Crippen LogP contribution in [0.5, 0.6) is 0 Å². The number of aromatic nitrogens is 1. The third kappa shape index (κ3) is 2.05. The largest absolute Gasteiger partial charge is 0.478 e. The van der Waals surface area contributed by atoms with E-state index in [-0.39, 0.29) is 5.56 Å². The number of hydrogen-bond acceptors (Lipinski definition) is 3. The van der Waals surface area contributed by atoms with E-state index in [1.54, 1.807) is 6.07 Å². The van der Waals surface area contributed by atoms with Gasteiger partial charge in [-0.3, -0.25) is 0 Å². The molecule has 1 aromatic heterocycles. The second-order valence-corrected chi connectivity index (χ2v) is 3.70. The summed E-state index contributed by atoms with van der Waals surface area (Å²) in [6.07, 6.45) is 2.91. The van der Waals surface area contributed by atoms with Gasteiger partial charge in [-0.25, -0.2) is 9.78 Å². The van der Waals surface area contributed by atoms with Crippen molar-refractivity contribution in [3.05, 3.63) is 29.7 Å². The predicted molar refractivity (Wildman–Crippen MR) is 59.6 cm³/mol. The number of carboxylic acid groups (broad SMARTS) is 1. The molecule has 0 unspecified atom stereocenters. The lowest BCUT2D eigenvalue weighted by Crippen LogP contribution is -1.94. The van der Waals surface area contributed by atoms with E-state index in [0.29, 0.717) is 17.0 Å². The monoisotopic (exact) mass is 219 g/mol. The van der Waals surface area contributed by atoms with Gasteiger partial charge >= 0.3 is 5.97 Å². The quantitative estimate of drug-likeness (QED) is 0.858. The van der Waals surface area contributed by atoms with Crippen LogP contribution in [0.3, 0.4) is 0 Å². The minimum absolute atomic E-state index is 0.239. The zero-order valence-electron chi connectivity index (χ0n) is 9.06. The van der Waals surface area contributed by atoms with Gasteiger partial charge in [0.1, 0.15) is 5.52 Å². The molecule has 84 valence electrons. The molecule has 0 saturated carbocycles. The topological polar surface area (TPSA) is 63.3 Å².